The van der Waals surface area contributed by atoms with E-state index in [9.17, 15) is 9.90 Å². The molecule has 1 heterocycles. The van der Waals surface area contributed by atoms with Crippen LogP contribution in [-0.2, 0) is 6.54 Å². The van der Waals surface area contributed by atoms with Gasteiger partial charge < -0.3 is 15.7 Å². The van der Waals surface area contributed by atoms with Gasteiger partial charge in [0.2, 0.25) is 0 Å². The molecule has 1 atom stereocenters. The fraction of sp³-hybridized carbons (Fsp3) is 0.267. The lowest BCUT2D eigenvalue weighted by Gasteiger charge is -2.14. The average Bonchev–Trinajstić information content (AvgIpc) is 2.89. The van der Waals surface area contributed by atoms with Crippen molar-refractivity contribution in [1.29, 1.82) is 0 Å². The van der Waals surface area contributed by atoms with Gasteiger partial charge in [-0.05, 0) is 25.1 Å². The van der Waals surface area contributed by atoms with Gasteiger partial charge in [-0.25, -0.2) is 4.79 Å². The van der Waals surface area contributed by atoms with Gasteiger partial charge in [0.25, 0.3) is 0 Å². The maximum absolute atomic E-state index is 11.7. The number of halogens is 1. The van der Waals surface area contributed by atoms with Gasteiger partial charge in [-0.2, -0.15) is 0 Å². The number of aliphatic hydroxyl groups is 1. The third-order valence-corrected chi connectivity index (χ3v) is 4.28. The molecule has 0 aliphatic carbocycles. The monoisotopic (exact) mass is 324 g/mol. The topological polar surface area (TPSA) is 61.4 Å². The van der Waals surface area contributed by atoms with E-state index in [0.29, 0.717) is 17.1 Å². The van der Waals surface area contributed by atoms with E-state index >= 15 is 0 Å². The second kappa shape index (κ2) is 7.45. The van der Waals surface area contributed by atoms with Crippen LogP contribution in [0.5, 0.6) is 0 Å². The van der Waals surface area contributed by atoms with Crippen molar-refractivity contribution in [2.24, 2.45) is 0 Å². The number of aryl methyl sites for hydroxylation is 1. The Labute approximate surface area is 132 Å². The fourth-order valence-electron chi connectivity index (χ4n) is 1.85. The third-order valence-electron chi connectivity index (χ3n) is 2.94. The van der Waals surface area contributed by atoms with Crippen LogP contribution in [0.2, 0.25) is 5.02 Å². The van der Waals surface area contributed by atoms with Gasteiger partial charge in [0.1, 0.15) is 0 Å². The highest BCUT2D eigenvalue weighted by Gasteiger charge is 2.12. The Bertz CT molecular complexity index is 615. The van der Waals surface area contributed by atoms with Crippen molar-refractivity contribution in [1.82, 2.24) is 10.6 Å². The number of hydrogen-bond acceptors (Lipinski definition) is 3. The molecule has 21 heavy (non-hydrogen) atoms. The highest BCUT2D eigenvalue weighted by molar-refractivity contribution is 7.11. The predicted octanol–water partition coefficient (Wildman–Crippen LogP) is 3.24. The lowest BCUT2D eigenvalue weighted by molar-refractivity contribution is 0.173. The lowest BCUT2D eigenvalue weighted by atomic mass is 10.1. The first-order valence-corrected chi connectivity index (χ1v) is 7.75. The molecule has 6 heteroatoms. The van der Waals surface area contributed by atoms with Crippen LogP contribution >= 0.6 is 22.9 Å². The van der Waals surface area contributed by atoms with Crippen molar-refractivity contribution in [2.75, 3.05) is 6.54 Å². The highest BCUT2D eigenvalue weighted by atomic mass is 35.5. The van der Waals surface area contributed by atoms with Crippen LogP contribution in [0.15, 0.2) is 36.4 Å². The van der Waals surface area contributed by atoms with E-state index in [2.05, 4.69) is 10.6 Å². The maximum Gasteiger partial charge on any atom is 0.315 e. The summed E-state index contributed by atoms with van der Waals surface area (Å²) in [6.07, 6.45) is -0.826. The Kier molecular flexibility index (Phi) is 5.61. The van der Waals surface area contributed by atoms with E-state index in [1.807, 2.05) is 19.1 Å². The summed E-state index contributed by atoms with van der Waals surface area (Å²) in [6, 6.07) is 10.7. The van der Waals surface area contributed by atoms with Crippen LogP contribution in [0.25, 0.3) is 0 Å². The van der Waals surface area contributed by atoms with Gasteiger partial charge in [-0.3, -0.25) is 0 Å². The maximum atomic E-state index is 11.7. The number of nitrogens with one attached hydrogen (secondary N) is 2. The Morgan fingerprint density at radius 2 is 2.05 bits per heavy atom. The molecule has 2 rings (SSSR count). The summed E-state index contributed by atoms with van der Waals surface area (Å²) in [5, 5.41) is 15.9. The number of rotatable bonds is 5. The highest BCUT2D eigenvalue weighted by Crippen LogP contribution is 2.21. The summed E-state index contributed by atoms with van der Waals surface area (Å²) in [4.78, 5) is 14.0. The first-order chi connectivity index (χ1) is 10.1. The molecule has 0 saturated carbocycles. The number of aliphatic hydroxyl groups excluding tert-OH is 1. The summed E-state index contributed by atoms with van der Waals surface area (Å²) in [5.74, 6) is 0. The van der Waals surface area contributed by atoms with Crippen LogP contribution in [0.1, 0.15) is 21.4 Å². The van der Waals surface area contributed by atoms with Crippen molar-refractivity contribution in [3.8, 4) is 0 Å². The molecule has 112 valence electrons. The van der Waals surface area contributed by atoms with Crippen molar-refractivity contribution in [3.05, 3.63) is 56.7 Å². The molecular weight excluding hydrogens is 308 g/mol. The number of hydrogen-bond donors (Lipinski definition) is 3. The summed E-state index contributed by atoms with van der Waals surface area (Å²) in [6.45, 7) is 2.61. The SMILES string of the molecule is Cc1ccc(CNC(=O)NCC(O)c2ccccc2Cl)s1. The summed E-state index contributed by atoms with van der Waals surface area (Å²) in [5.41, 5.74) is 0.605. The molecule has 0 saturated heterocycles. The zero-order valence-corrected chi connectivity index (χ0v) is 13.2. The number of benzene rings is 1. The van der Waals surface area contributed by atoms with Crippen LogP contribution < -0.4 is 10.6 Å². The van der Waals surface area contributed by atoms with Crippen LogP contribution in [0.3, 0.4) is 0 Å². The molecule has 3 N–H and O–H groups in total. The van der Waals surface area contributed by atoms with Gasteiger partial charge in [-0.15, -0.1) is 11.3 Å². The molecule has 2 aromatic rings. The van der Waals surface area contributed by atoms with Crippen molar-refractivity contribution in [3.63, 3.8) is 0 Å². The molecule has 1 aromatic carbocycles. The molecular formula is C15H17ClN2O2S. The zero-order valence-electron chi connectivity index (χ0n) is 11.6. The van der Waals surface area contributed by atoms with Gasteiger partial charge in [0, 0.05) is 26.9 Å². The minimum Gasteiger partial charge on any atom is -0.387 e. The second-order valence-corrected chi connectivity index (χ2v) is 6.39. The smallest absolute Gasteiger partial charge is 0.315 e. The number of carbonyl (C=O) groups excluding carboxylic acids is 1. The van der Waals surface area contributed by atoms with E-state index in [1.165, 1.54) is 4.88 Å². The number of amides is 2. The summed E-state index contributed by atoms with van der Waals surface area (Å²) in [7, 11) is 0. The van der Waals surface area contributed by atoms with Crippen molar-refractivity contribution < 1.29 is 9.90 Å². The molecule has 0 aliphatic heterocycles. The zero-order chi connectivity index (χ0) is 15.2. The Morgan fingerprint density at radius 1 is 1.29 bits per heavy atom. The first-order valence-electron chi connectivity index (χ1n) is 6.56. The van der Waals surface area contributed by atoms with E-state index in [1.54, 1.807) is 35.6 Å². The molecule has 1 unspecified atom stereocenters. The minimum atomic E-state index is -0.826. The molecule has 0 spiro atoms. The Balaban J connectivity index is 1.77. The molecule has 0 aliphatic rings. The number of urea groups is 1. The first kappa shape index (κ1) is 15.8. The summed E-state index contributed by atoms with van der Waals surface area (Å²) >= 11 is 7.63. The average molecular weight is 325 g/mol. The Hall–Kier alpha value is -1.56. The third kappa shape index (κ3) is 4.74. The largest absolute Gasteiger partial charge is 0.387 e. The van der Waals surface area contributed by atoms with Gasteiger partial charge in [0.05, 0.1) is 12.6 Å². The molecule has 0 bridgehead atoms. The standard InChI is InChI=1S/C15H17ClN2O2S/c1-10-6-7-11(21-10)8-17-15(20)18-9-14(19)12-4-2-3-5-13(12)16/h2-7,14,19H,8-9H2,1H3,(H2,17,18,20). The quantitative estimate of drug-likeness (QED) is 0.790. The Morgan fingerprint density at radius 3 is 2.71 bits per heavy atom. The predicted molar refractivity (Wildman–Crippen MR) is 85.7 cm³/mol. The van der Waals surface area contributed by atoms with E-state index in [-0.39, 0.29) is 12.6 Å². The summed E-state index contributed by atoms with van der Waals surface area (Å²) < 4.78 is 0. The van der Waals surface area contributed by atoms with E-state index in [0.717, 1.165) is 4.88 Å². The number of thiophene rings is 1. The fourth-order valence-corrected chi connectivity index (χ4v) is 2.95. The van der Waals surface area contributed by atoms with Crippen LogP contribution in [0.4, 0.5) is 4.79 Å². The van der Waals surface area contributed by atoms with Crippen molar-refractivity contribution in [2.45, 2.75) is 19.6 Å². The van der Waals surface area contributed by atoms with Crippen LogP contribution in [0, 0.1) is 6.92 Å². The van der Waals surface area contributed by atoms with Gasteiger partial charge in [0.15, 0.2) is 0 Å². The van der Waals surface area contributed by atoms with E-state index < -0.39 is 6.10 Å². The number of carbonyl (C=O) groups is 1. The molecule has 2 amide bonds. The lowest BCUT2D eigenvalue weighted by Crippen LogP contribution is -2.37. The molecule has 0 radical (unpaired) electrons. The van der Waals surface area contributed by atoms with Crippen LogP contribution in [-0.4, -0.2) is 17.7 Å². The normalized spacial score (nSPS) is 12.0. The van der Waals surface area contributed by atoms with Gasteiger partial charge in [-0.1, -0.05) is 29.8 Å². The molecule has 0 fully saturated rings. The second-order valence-electron chi connectivity index (χ2n) is 4.61. The van der Waals surface area contributed by atoms with Crippen molar-refractivity contribution >= 4 is 29.0 Å². The van der Waals surface area contributed by atoms with Gasteiger partial charge >= 0.3 is 6.03 Å². The molecule has 1 aromatic heterocycles. The molecule has 4 nitrogen and oxygen atoms in total. The van der Waals surface area contributed by atoms with E-state index in [4.69, 9.17) is 11.6 Å². The minimum absolute atomic E-state index is 0.110.